The molecule has 144 valence electrons. The second-order valence-corrected chi connectivity index (χ2v) is 7.67. The van der Waals surface area contributed by atoms with Crippen molar-refractivity contribution in [1.29, 1.82) is 0 Å². The first-order chi connectivity index (χ1) is 13.8. The predicted octanol–water partition coefficient (Wildman–Crippen LogP) is 5.15. The fourth-order valence-corrected chi connectivity index (χ4v) is 3.90. The number of fused-ring (bicyclic) bond motifs is 1. The summed E-state index contributed by atoms with van der Waals surface area (Å²) < 4.78 is 11.4. The number of rotatable bonds is 9. The van der Waals surface area contributed by atoms with Crippen molar-refractivity contribution >= 4 is 22.2 Å². The van der Waals surface area contributed by atoms with Crippen molar-refractivity contribution in [1.82, 2.24) is 10.3 Å². The van der Waals surface area contributed by atoms with Crippen LogP contribution in [0.1, 0.15) is 16.0 Å². The van der Waals surface area contributed by atoms with Gasteiger partial charge in [0, 0.05) is 28.5 Å². The minimum absolute atomic E-state index is 0.566. The van der Waals surface area contributed by atoms with Crippen LogP contribution in [-0.4, -0.2) is 18.6 Å². The van der Waals surface area contributed by atoms with Gasteiger partial charge in [-0.1, -0.05) is 30.3 Å². The number of para-hydroxylation sites is 1. The molecule has 4 aromatic rings. The molecule has 0 radical (unpaired) electrons. The molecule has 28 heavy (non-hydrogen) atoms. The Morgan fingerprint density at radius 1 is 1.04 bits per heavy atom. The van der Waals surface area contributed by atoms with E-state index in [1.807, 2.05) is 18.2 Å². The number of thiophene rings is 1. The zero-order valence-electron chi connectivity index (χ0n) is 15.9. The van der Waals surface area contributed by atoms with Gasteiger partial charge in [0.2, 0.25) is 0 Å². The fourth-order valence-electron chi connectivity index (χ4n) is 3.28. The number of methoxy groups -OCH3 is 1. The Balaban J connectivity index is 1.30. The van der Waals surface area contributed by atoms with E-state index < -0.39 is 0 Å². The Kier molecular flexibility index (Phi) is 5.95. The number of nitrogens with one attached hydrogen (secondary N) is 2. The number of aromatic amines is 1. The van der Waals surface area contributed by atoms with Gasteiger partial charge in [0.1, 0.15) is 6.61 Å². The van der Waals surface area contributed by atoms with Crippen LogP contribution in [0, 0.1) is 0 Å². The minimum Gasteiger partial charge on any atom is -0.493 e. The highest BCUT2D eigenvalue weighted by Crippen LogP contribution is 2.29. The molecule has 0 fully saturated rings. The first-order valence-electron chi connectivity index (χ1n) is 9.41. The Hall–Kier alpha value is -2.76. The monoisotopic (exact) mass is 392 g/mol. The summed E-state index contributed by atoms with van der Waals surface area (Å²) in [4.78, 5) is 4.53. The number of hydrogen-bond donors (Lipinski definition) is 2. The molecule has 0 unspecified atom stereocenters. The third-order valence-corrected chi connectivity index (χ3v) is 5.60. The van der Waals surface area contributed by atoms with Gasteiger partial charge in [0.15, 0.2) is 11.5 Å². The first-order valence-corrected chi connectivity index (χ1v) is 10.3. The van der Waals surface area contributed by atoms with Gasteiger partial charge >= 0.3 is 0 Å². The van der Waals surface area contributed by atoms with Crippen LogP contribution < -0.4 is 14.8 Å². The zero-order chi connectivity index (χ0) is 19.2. The summed E-state index contributed by atoms with van der Waals surface area (Å²) in [6, 6.07) is 18.6. The van der Waals surface area contributed by atoms with Crippen molar-refractivity contribution in [2.75, 3.05) is 13.7 Å². The normalized spacial score (nSPS) is 11.0. The quantitative estimate of drug-likeness (QED) is 0.387. The smallest absolute Gasteiger partial charge is 0.161 e. The molecule has 2 heterocycles. The Morgan fingerprint density at radius 2 is 1.96 bits per heavy atom. The van der Waals surface area contributed by atoms with Crippen molar-refractivity contribution < 1.29 is 9.47 Å². The van der Waals surface area contributed by atoms with Gasteiger partial charge in [-0.25, -0.2) is 0 Å². The van der Waals surface area contributed by atoms with Gasteiger partial charge in [0.05, 0.1) is 7.11 Å². The summed E-state index contributed by atoms with van der Waals surface area (Å²) in [5, 5.41) is 6.88. The largest absolute Gasteiger partial charge is 0.493 e. The van der Waals surface area contributed by atoms with Crippen LogP contribution >= 0.6 is 11.3 Å². The van der Waals surface area contributed by atoms with E-state index in [-0.39, 0.29) is 0 Å². The molecule has 0 amide bonds. The molecular formula is C23H24N2O2S. The van der Waals surface area contributed by atoms with Crippen LogP contribution in [0.3, 0.4) is 0 Å². The second-order valence-electron chi connectivity index (χ2n) is 6.64. The van der Waals surface area contributed by atoms with E-state index in [4.69, 9.17) is 9.47 Å². The van der Waals surface area contributed by atoms with Crippen LogP contribution in [-0.2, 0) is 19.6 Å². The van der Waals surface area contributed by atoms with Crippen molar-refractivity contribution in [2.24, 2.45) is 0 Å². The Bertz CT molecular complexity index is 1020. The predicted molar refractivity (Wildman–Crippen MR) is 115 cm³/mol. The van der Waals surface area contributed by atoms with Crippen molar-refractivity contribution in [2.45, 2.75) is 19.6 Å². The Morgan fingerprint density at radius 3 is 2.82 bits per heavy atom. The minimum atomic E-state index is 0.566. The van der Waals surface area contributed by atoms with Gasteiger partial charge < -0.3 is 19.8 Å². The molecule has 0 aliphatic heterocycles. The molecule has 0 aliphatic rings. The SMILES string of the molecule is COc1cc(CNCCc2c[nH]c3ccccc23)ccc1OCc1cccs1. The van der Waals surface area contributed by atoms with Gasteiger partial charge in [-0.2, -0.15) is 0 Å². The molecule has 5 heteroatoms. The fraction of sp³-hybridized carbons (Fsp3) is 0.217. The van der Waals surface area contributed by atoms with E-state index >= 15 is 0 Å². The number of benzene rings is 2. The molecule has 2 N–H and O–H groups in total. The highest BCUT2D eigenvalue weighted by atomic mass is 32.1. The average Bonchev–Trinajstić information content (AvgIpc) is 3.40. The van der Waals surface area contributed by atoms with Crippen molar-refractivity contribution in [3.8, 4) is 11.5 Å². The van der Waals surface area contributed by atoms with E-state index in [0.717, 1.165) is 31.0 Å². The van der Waals surface area contributed by atoms with Gasteiger partial charge in [-0.3, -0.25) is 0 Å². The van der Waals surface area contributed by atoms with Crippen molar-refractivity contribution in [3.63, 3.8) is 0 Å². The topological polar surface area (TPSA) is 46.3 Å². The standard InChI is InChI=1S/C23H24N2O2S/c1-26-23-13-17(8-9-22(23)27-16-19-5-4-12-28-19)14-24-11-10-18-15-25-21-7-3-2-6-20(18)21/h2-9,12-13,15,24-25H,10-11,14,16H2,1H3. The van der Waals surface area contributed by atoms with Gasteiger partial charge in [-0.15, -0.1) is 11.3 Å². The molecule has 0 atom stereocenters. The van der Waals surface area contributed by atoms with E-state index in [9.17, 15) is 0 Å². The zero-order valence-corrected chi connectivity index (χ0v) is 16.7. The van der Waals surface area contributed by atoms with E-state index in [2.05, 4.69) is 58.3 Å². The molecule has 2 aromatic heterocycles. The number of aromatic nitrogens is 1. The Labute approximate surface area is 169 Å². The lowest BCUT2D eigenvalue weighted by molar-refractivity contribution is 0.287. The summed E-state index contributed by atoms with van der Waals surface area (Å²) in [6.07, 6.45) is 3.10. The first kappa shape index (κ1) is 18.6. The molecule has 0 saturated heterocycles. The van der Waals surface area contributed by atoms with Crippen LogP contribution in [0.2, 0.25) is 0 Å². The van der Waals surface area contributed by atoms with E-state index in [1.54, 1.807) is 18.4 Å². The highest BCUT2D eigenvalue weighted by Gasteiger charge is 2.07. The molecule has 0 aliphatic carbocycles. The molecule has 0 saturated carbocycles. The average molecular weight is 393 g/mol. The third-order valence-electron chi connectivity index (χ3n) is 4.75. The molecular weight excluding hydrogens is 368 g/mol. The maximum absolute atomic E-state index is 5.90. The van der Waals surface area contributed by atoms with E-state index in [0.29, 0.717) is 6.61 Å². The maximum atomic E-state index is 5.90. The van der Waals surface area contributed by atoms with Crippen LogP contribution in [0.5, 0.6) is 11.5 Å². The van der Waals surface area contributed by atoms with Gasteiger partial charge in [0.25, 0.3) is 0 Å². The molecule has 0 bridgehead atoms. The highest BCUT2D eigenvalue weighted by molar-refractivity contribution is 7.09. The summed E-state index contributed by atoms with van der Waals surface area (Å²) in [5.41, 5.74) is 3.72. The molecule has 2 aromatic carbocycles. The maximum Gasteiger partial charge on any atom is 0.161 e. The number of ether oxygens (including phenoxy) is 2. The van der Waals surface area contributed by atoms with Crippen molar-refractivity contribution in [3.05, 3.63) is 82.2 Å². The summed E-state index contributed by atoms with van der Waals surface area (Å²) in [6.45, 7) is 2.28. The summed E-state index contributed by atoms with van der Waals surface area (Å²) in [7, 11) is 1.68. The van der Waals surface area contributed by atoms with E-state index in [1.165, 1.54) is 26.9 Å². The molecule has 0 spiro atoms. The molecule has 4 rings (SSSR count). The number of H-pyrrole nitrogens is 1. The second kappa shape index (κ2) is 8.95. The lowest BCUT2D eigenvalue weighted by atomic mass is 10.1. The summed E-state index contributed by atoms with van der Waals surface area (Å²) >= 11 is 1.69. The summed E-state index contributed by atoms with van der Waals surface area (Å²) in [5.74, 6) is 1.55. The van der Waals surface area contributed by atoms with Crippen LogP contribution in [0.15, 0.2) is 66.2 Å². The number of hydrogen-bond acceptors (Lipinski definition) is 4. The van der Waals surface area contributed by atoms with Crippen LogP contribution in [0.25, 0.3) is 10.9 Å². The third kappa shape index (κ3) is 4.38. The lowest BCUT2D eigenvalue weighted by Crippen LogP contribution is -2.16. The lowest BCUT2D eigenvalue weighted by Gasteiger charge is -2.12. The van der Waals surface area contributed by atoms with Gasteiger partial charge in [-0.05, 0) is 53.7 Å². The van der Waals surface area contributed by atoms with Crippen LogP contribution in [0.4, 0.5) is 0 Å². The molecule has 4 nitrogen and oxygen atoms in total.